The van der Waals surface area contributed by atoms with Crippen LogP contribution >= 0.6 is 11.3 Å². The number of hydrogen-bond acceptors (Lipinski definition) is 3. The monoisotopic (exact) mass is 368 g/mol. The number of carbonyl (C=O) groups excluding carboxylic acids is 2. The molecule has 1 N–H and O–H groups in total. The second kappa shape index (κ2) is 7.62. The molecule has 4 rings (SSSR count). The third-order valence-electron chi connectivity index (χ3n) is 5.47. The Hall–Kier alpha value is -2.14. The summed E-state index contributed by atoms with van der Waals surface area (Å²) in [6.07, 6.45) is 6.35. The molecule has 0 saturated heterocycles. The Labute approximate surface area is 158 Å². The molecule has 2 aromatic rings. The Bertz CT molecular complexity index is 794. The molecular weight excluding hydrogens is 344 g/mol. The minimum absolute atomic E-state index is 0.0984. The van der Waals surface area contributed by atoms with E-state index < -0.39 is 0 Å². The Morgan fingerprint density at radius 2 is 2.00 bits per heavy atom. The average Bonchev–Trinajstić information content (AvgIpc) is 3.34. The van der Waals surface area contributed by atoms with Crippen LogP contribution in [0.2, 0.25) is 0 Å². The minimum atomic E-state index is 0.0984. The molecule has 1 saturated carbocycles. The molecule has 26 heavy (non-hydrogen) atoms. The van der Waals surface area contributed by atoms with Crippen molar-refractivity contribution in [2.75, 3.05) is 11.9 Å². The number of benzene rings is 1. The van der Waals surface area contributed by atoms with Crippen molar-refractivity contribution in [3.05, 3.63) is 51.7 Å². The zero-order valence-electron chi connectivity index (χ0n) is 14.9. The lowest BCUT2D eigenvalue weighted by Crippen LogP contribution is -2.35. The lowest BCUT2D eigenvalue weighted by atomic mass is 9.98. The van der Waals surface area contributed by atoms with Gasteiger partial charge < -0.3 is 10.2 Å². The fourth-order valence-electron chi connectivity index (χ4n) is 4.05. The van der Waals surface area contributed by atoms with Gasteiger partial charge in [0.2, 0.25) is 5.91 Å². The van der Waals surface area contributed by atoms with Crippen molar-refractivity contribution < 1.29 is 9.59 Å². The summed E-state index contributed by atoms with van der Waals surface area (Å²) < 4.78 is 0. The maximum absolute atomic E-state index is 12.6. The van der Waals surface area contributed by atoms with Crippen molar-refractivity contribution in [3.63, 3.8) is 0 Å². The van der Waals surface area contributed by atoms with E-state index in [1.165, 1.54) is 42.6 Å². The van der Waals surface area contributed by atoms with Crippen LogP contribution in [0.25, 0.3) is 0 Å². The molecule has 4 nitrogen and oxygen atoms in total. The van der Waals surface area contributed by atoms with Crippen molar-refractivity contribution in [2.24, 2.45) is 5.92 Å². The molecule has 1 aromatic heterocycles. The van der Waals surface area contributed by atoms with Gasteiger partial charge in [0.1, 0.15) is 0 Å². The van der Waals surface area contributed by atoms with Gasteiger partial charge >= 0.3 is 0 Å². The highest BCUT2D eigenvalue weighted by Gasteiger charge is 2.23. The van der Waals surface area contributed by atoms with Gasteiger partial charge in [0.05, 0.1) is 4.88 Å². The molecule has 2 amide bonds. The van der Waals surface area contributed by atoms with Crippen LogP contribution in [-0.2, 0) is 17.8 Å². The molecule has 0 bridgehead atoms. The second-order valence-electron chi connectivity index (χ2n) is 7.34. The Morgan fingerprint density at radius 1 is 1.15 bits per heavy atom. The maximum Gasteiger partial charge on any atom is 0.264 e. The lowest BCUT2D eigenvalue weighted by molar-refractivity contribution is -0.117. The topological polar surface area (TPSA) is 49.4 Å². The van der Waals surface area contributed by atoms with Crippen LogP contribution in [0.1, 0.15) is 52.9 Å². The van der Waals surface area contributed by atoms with E-state index in [2.05, 4.69) is 11.4 Å². The van der Waals surface area contributed by atoms with Crippen molar-refractivity contribution in [3.8, 4) is 0 Å². The molecule has 1 aromatic carbocycles. The minimum Gasteiger partial charge on any atom is -0.333 e. The van der Waals surface area contributed by atoms with Gasteiger partial charge in [-0.15, -0.1) is 11.3 Å². The first-order chi connectivity index (χ1) is 12.7. The van der Waals surface area contributed by atoms with Crippen LogP contribution < -0.4 is 5.32 Å². The Kier molecular flexibility index (Phi) is 5.07. The zero-order chi connectivity index (χ0) is 17.9. The number of thiophene rings is 1. The summed E-state index contributed by atoms with van der Waals surface area (Å²) >= 11 is 1.48. The Balaban J connectivity index is 1.42. The average molecular weight is 369 g/mol. The predicted octanol–water partition coefficient (Wildman–Crippen LogP) is 4.47. The fraction of sp³-hybridized carbons (Fsp3) is 0.429. The molecule has 0 radical (unpaired) electrons. The van der Waals surface area contributed by atoms with Crippen molar-refractivity contribution in [1.82, 2.24) is 4.90 Å². The normalized spacial score (nSPS) is 17.2. The summed E-state index contributed by atoms with van der Waals surface area (Å²) in [6.45, 7) is 1.36. The fourth-order valence-corrected chi connectivity index (χ4v) is 4.74. The SMILES string of the molecule is O=C(CC1CCCC1)Nc1ccc2c(c1)CN(C(=O)c1cccs1)CC2. The van der Waals surface area contributed by atoms with Gasteiger partial charge in [-0.25, -0.2) is 0 Å². The number of nitrogens with zero attached hydrogens (tertiary/aromatic N) is 1. The van der Waals surface area contributed by atoms with Crippen LogP contribution in [0.3, 0.4) is 0 Å². The molecule has 1 aliphatic carbocycles. The molecule has 1 aliphatic heterocycles. The van der Waals surface area contributed by atoms with Crippen LogP contribution in [0, 0.1) is 5.92 Å². The zero-order valence-corrected chi connectivity index (χ0v) is 15.7. The molecule has 136 valence electrons. The number of fused-ring (bicyclic) bond motifs is 1. The van der Waals surface area contributed by atoms with Crippen molar-refractivity contribution >= 4 is 28.8 Å². The number of hydrogen-bond donors (Lipinski definition) is 1. The molecule has 0 atom stereocenters. The first-order valence-electron chi connectivity index (χ1n) is 9.43. The van der Waals surface area contributed by atoms with E-state index in [4.69, 9.17) is 0 Å². The smallest absolute Gasteiger partial charge is 0.264 e. The molecule has 1 fully saturated rings. The van der Waals surface area contributed by atoms with Gasteiger partial charge in [0.25, 0.3) is 5.91 Å². The summed E-state index contributed by atoms with van der Waals surface area (Å²) in [6, 6.07) is 9.90. The molecule has 0 unspecified atom stereocenters. The van der Waals surface area contributed by atoms with Gasteiger partial charge in [-0.05, 0) is 59.9 Å². The highest BCUT2D eigenvalue weighted by molar-refractivity contribution is 7.12. The number of nitrogens with one attached hydrogen (secondary N) is 1. The van der Waals surface area contributed by atoms with E-state index in [9.17, 15) is 9.59 Å². The predicted molar refractivity (Wildman–Crippen MR) is 104 cm³/mol. The molecule has 2 aliphatic rings. The summed E-state index contributed by atoms with van der Waals surface area (Å²) in [5.41, 5.74) is 3.26. The van der Waals surface area contributed by atoms with Crippen molar-refractivity contribution in [1.29, 1.82) is 0 Å². The first-order valence-corrected chi connectivity index (χ1v) is 10.3. The van der Waals surface area contributed by atoms with Crippen LogP contribution in [0.4, 0.5) is 5.69 Å². The van der Waals surface area contributed by atoms with Crippen LogP contribution in [0.15, 0.2) is 35.7 Å². The standard InChI is InChI=1S/C21H24N2O2S/c24-20(12-15-4-1-2-5-15)22-18-8-7-16-9-10-23(14-17(16)13-18)21(25)19-6-3-11-26-19/h3,6-8,11,13,15H,1-2,4-5,9-10,12,14H2,(H,22,24). The molecular formula is C21H24N2O2S. The largest absolute Gasteiger partial charge is 0.333 e. The van der Waals surface area contributed by atoms with Gasteiger partial charge in [0.15, 0.2) is 0 Å². The van der Waals surface area contributed by atoms with Gasteiger partial charge in [-0.2, -0.15) is 0 Å². The van der Waals surface area contributed by atoms with Gasteiger partial charge in [0, 0.05) is 25.2 Å². The van der Waals surface area contributed by atoms with E-state index in [0.717, 1.165) is 29.1 Å². The Morgan fingerprint density at radius 3 is 2.77 bits per heavy atom. The quantitative estimate of drug-likeness (QED) is 0.866. The van der Waals surface area contributed by atoms with E-state index in [0.29, 0.717) is 18.9 Å². The highest BCUT2D eigenvalue weighted by Crippen LogP contribution is 2.28. The van der Waals surface area contributed by atoms with E-state index in [-0.39, 0.29) is 11.8 Å². The number of rotatable bonds is 4. The lowest BCUT2D eigenvalue weighted by Gasteiger charge is -2.29. The van der Waals surface area contributed by atoms with Gasteiger partial charge in [-0.3, -0.25) is 9.59 Å². The van der Waals surface area contributed by atoms with Crippen LogP contribution in [-0.4, -0.2) is 23.3 Å². The summed E-state index contributed by atoms with van der Waals surface area (Å²) in [4.78, 5) is 27.6. The second-order valence-corrected chi connectivity index (χ2v) is 8.29. The highest BCUT2D eigenvalue weighted by atomic mass is 32.1. The summed E-state index contributed by atoms with van der Waals surface area (Å²) in [5.74, 6) is 0.757. The van der Waals surface area contributed by atoms with Gasteiger partial charge in [-0.1, -0.05) is 25.0 Å². The molecule has 2 heterocycles. The summed E-state index contributed by atoms with van der Waals surface area (Å²) in [5, 5.41) is 4.98. The van der Waals surface area contributed by atoms with E-state index >= 15 is 0 Å². The third-order valence-corrected chi connectivity index (χ3v) is 6.33. The number of anilines is 1. The van der Waals surface area contributed by atoms with Crippen LogP contribution in [0.5, 0.6) is 0 Å². The van der Waals surface area contributed by atoms with E-state index in [1.807, 2.05) is 34.5 Å². The summed E-state index contributed by atoms with van der Waals surface area (Å²) in [7, 11) is 0. The van der Waals surface area contributed by atoms with Crippen molar-refractivity contribution in [2.45, 2.75) is 45.1 Å². The number of carbonyl (C=O) groups is 2. The number of amides is 2. The molecule has 5 heteroatoms. The third kappa shape index (κ3) is 3.83. The first kappa shape index (κ1) is 17.3. The maximum atomic E-state index is 12.6. The molecule has 0 spiro atoms. The van der Waals surface area contributed by atoms with E-state index in [1.54, 1.807) is 0 Å².